The first-order chi connectivity index (χ1) is 10.0. The van der Waals surface area contributed by atoms with Gasteiger partial charge < -0.3 is 9.88 Å². The Morgan fingerprint density at radius 2 is 2.24 bits per heavy atom. The zero-order valence-corrected chi connectivity index (χ0v) is 12.9. The summed E-state index contributed by atoms with van der Waals surface area (Å²) in [5.41, 5.74) is 3.11. The van der Waals surface area contributed by atoms with Crippen LogP contribution in [0.4, 0.5) is 5.82 Å². The molecule has 1 N–H and O–H groups in total. The second-order valence-corrected chi connectivity index (χ2v) is 5.86. The number of nitrogens with one attached hydrogen (secondary N) is 1. The Hall–Kier alpha value is -2.11. The van der Waals surface area contributed by atoms with E-state index in [9.17, 15) is 4.79 Å². The number of amides is 1. The van der Waals surface area contributed by atoms with E-state index < -0.39 is 0 Å². The maximum atomic E-state index is 12.0. The van der Waals surface area contributed by atoms with Crippen LogP contribution in [0.25, 0.3) is 0 Å². The van der Waals surface area contributed by atoms with Crippen molar-refractivity contribution in [2.75, 3.05) is 5.32 Å². The smallest absolute Gasteiger partial charge is 0.226 e. The Balaban J connectivity index is 2.13. The molecule has 0 aromatic carbocycles. The van der Waals surface area contributed by atoms with Gasteiger partial charge in [-0.2, -0.15) is 5.10 Å². The molecule has 0 spiro atoms. The van der Waals surface area contributed by atoms with Crippen LogP contribution in [-0.2, 0) is 18.4 Å². The van der Waals surface area contributed by atoms with Gasteiger partial charge in [-0.15, -0.1) is 0 Å². The van der Waals surface area contributed by atoms with Crippen molar-refractivity contribution < 1.29 is 4.79 Å². The second kappa shape index (κ2) is 5.02. The number of anilines is 1. The number of nitrogens with zero attached hydrogens (tertiary/aromatic N) is 4. The summed E-state index contributed by atoms with van der Waals surface area (Å²) in [5.74, 6) is 1.14. The van der Waals surface area contributed by atoms with Crippen LogP contribution in [0.2, 0.25) is 0 Å². The minimum absolute atomic E-state index is 0.00681. The molecule has 3 heterocycles. The highest BCUT2D eigenvalue weighted by molar-refractivity contribution is 5.94. The Morgan fingerprint density at radius 3 is 2.86 bits per heavy atom. The Kier molecular flexibility index (Phi) is 3.31. The fraction of sp³-hybridized carbons (Fsp3) is 0.533. The van der Waals surface area contributed by atoms with Gasteiger partial charge in [-0.3, -0.25) is 9.48 Å². The van der Waals surface area contributed by atoms with E-state index in [-0.39, 0.29) is 11.8 Å². The van der Waals surface area contributed by atoms with Crippen LogP contribution in [-0.4, -0.2) is 25.2 Å². The summed E-state index contributed by atoms with van der Waals surface area (Å²) in [4.78, 5) is 16.5. The minimum atomic E-state index is -0.00681. The Labute approximate surface area is 124 Å². The van der Waals surface area contributed by atoms with E-state index >= 15 is 0 Å². The van der Waals surface area contributed by atoms with E-state index in [1.807, 2.05) is 24.1 Å². The van der Waals surface area contributed by atoms with Crippen LogP contribution in [0.3, 0.4) is 0 Å². The number of carbonyl (C=O) groups excluding carboxylic acids is 1. The largest absolute Gasteiger partial charge is 0.337 e. The second-order valence-electron chi connectivity index (χ2n) is 5.86. The Bertz CT molecular complexity index is 682. The van der Waals surface area contributed by atoms with Gasteiger partial charge in [0, 0.05) is 37.7 Å². The van der Waals surface area contributed by atoms with Gasteiger partial charge in [-0.1, -0.05) is 13.8 Å². The minimum Gasteiger partial charge on any atom is -0.337 e. The first-order valence-electron chi connectivity index (χ1n) is 7.39. The molecule has 1 atom stereocenters. The van der Waals surface area contributed by atoms with Crippen LogP contribution < -0.4 is 5.32 Å². The lowest BCUT2D eigenvalue weighted by atomic mass is 9.87. The predicted molar refractivity (Wildman–Crippen MR) is 80.3 cm³/mol. The summed E-state index contributed by atoms with van der Waals surface area (Å²) in [6.07, 6.45) is 4.29. The molecule has 3 rings (SSSR count). The first kappa shape index (κ1) is 13.9. The average molecular weight is 287 g/mol. The van der Waals surface area contributed by atoms with Crippen molar-refractivity contribution in [3.63, 3.8) is 0 Å². The van der Waals surface area contributed by atoms with Gasteiger partial charge in [-0.25, -0.2) is 4.98 Å². The highest BCUT2D eigenvalue weighted by Gasteiger charge is 2.34. The van der Waals surface area contributed by atoms with E-state index in [1.54, 1.807) is 4.68 Å². The molecule has 2 aromatic rings. The molecule has 0 radical (unpaired) electrons. The summed E-state index contributed by atoms with van der Waals surface area (Å²) in [7, 11) is 1.87. The molecule has 112 valence electrons. The van der Waals surface area contributed by atoms with E-state index in [0.717, 1.165) is 29.3 Å². The lowest BCUT2D eigenvalue weighted by Crippen LogP contribution is -2.25. The number of imidazole rings is 1. The van der Waals surface area contributed by atoms with Gasteiger partial charge in [0.05, 0.1) is 17.7 Å². The van der Waals surface area contributed by atoms with Crippen molar-refractivity contribution in [3.8, 4) is 0 Å². The molecular formula is C15H21N5O. The number of fused-ring (bicyclic) bond motifs is 1. The number of rotatable bonds is 3. The van der Waals surface area contributed by atoms with Crippen molar-refractivity contribution in [2.45, 2.75) is 45.6 Å². The lowest BCUT2D eigenvalue weighted by molar-refractivity contribution is -0.116. The van der Waals surface area contributed by atoms with Crippen molar-refractivity contribution in [2.24, 2.45) is 7.05 Å². The van der Waals surface area contributed by atoms with E-state index in [4.69, 9.17) is 0 Å². The molecule has 6 nitrogen and oxygen atoms in total. The topological polar surface area (TPSA) is 64.7 Å². The van der Waals surface area contributed by atoms with Crippen molar-refractivity contribution >= 4 is 11.7 Å². The number of hydrogen-bond acceptors (Lipinski definition) is 3. The first-order valence-corrected chi connectivity index (χ1v) is 7.39. The predicted octanol–water partition coefficient (Wildman–Crippen LogP) is 2.23. The standard InChI is InChI=1S/C15H21N5O/c1-5-20-7-11(16-8-20)10-6-12(21)17-15-13(10)14(9(2)3)18-19(15)4/h7-10H,5-6H2,1-4H3,(H,17,21). The SMILES string of the molecule is CCn1cnc(C2CC(=O)Nc3c2c(C(C)C)nn3C)c1. The third-order valence-corrected chi connectivity index (χ3v) is 4.03. The Morgan fingerprint density at radius 1 is 1.48 bits per heavy atom. The van der Waals surface area contributed by atoms with Crippen LogP contribution in [0.15, 0.2) is 12.5 Å². The van der Waals surface area contributed by atoms with Crippen LogP contribution in [0, 0.1) is 0 Å². The zero-order valence-electron chi connectivity index (χ0n) is 12.9. The monoisotopic (exact) mass is 287 g/mol. The maximum absolute atomic E-state index is 12.0. The average Bonchev–Trinajstić information content (AvgIpc) is 3.03. The number of aryl methyl sites for hydroxylation is 2. The molecule has 0 fully saturated rings. The van der Waals surface area contributed by atoms with Gasteiger partial charge in [0.2, 0.25) is 5.91 Å². The molecule has 1 amide bonds. The molecule has 2 aromatic heterocycles. The molecule has 1 aliphatic heterocycles. The third kappa shape index (κ3) is 2.24. The summed E-state index contributed by atoms with van der Waals surface area (Å²) in [6, 6.07) is 0. The highest BCUT2D eigenvalue weighted by Crippen LogP contribution is 2.40. The van der Waals surface area contributed by atoms with Crippen molar-refractivity contribution in [3.05, 3.63) is 29.5 Å². The van der Waals surface area contributed by atoms with Gasteiger partial charge in [0.15, 0.2) is 0 Å². The van der Waals surface area contributed by atoms with Gasteiger partial charge in [0.1, 0.15) is 5.82 Å². The molecular weight excluding hydrogens is 266 g/mol. The summed E-state index contributed by atoms with van der Waals surface area (Å²) >= 11 is 0. The van der Waals surface area contributed by atoms with Crippen molar-refractivity contribution in [1.82, 2.24) is 19.3 Å². The highest BCUT2D eigenvalue weighted by atomic mass is 16.1. The van der Waals surface area contributed by atoms with E-state index in [2.05, 4.69) is 36.2 Å². The zero-order chi connectivity index (χ0) is 15.1. The quantitative estimate of drug-likeness (QED) is 0.941. The van der Waals surface area contributed by atoms with Crippen LogP contribution >= 0.6 is 0 Å². The summed E-state index contributed by atoms with van der Waals surface area (Å²) in [6.45, 7) is 7.21. The number of carbonyl (C=O) groups is 1. The number of aromatic nitrogens is 4. The number of hydrogen-bond donors (Lipinski definition) is 1. The van der Waals surface area contributed by atoms with Crippen LogP contribution in [0.1, 0.15) is 56.0 Å². The third-order valence-electron chi connectivity index (χ3n) is 4.03. The van der Waals surface area contributed by atoms with E-state index in [1.165, 1.54) is 0 Å². The fourth-order valence-electron chi connectivity index (χ4n) is 2.93. The molecule has 0 aliphatic carbocycles. The molecule has 0 bridgehead atoms. The van der Waals surface area contributed by atoms with Gasteiger partial charge in [-0.05, 0) is 12.8 Å². The molecule has 1 unspecified atom stereocenters. The van der Waals surface area contributed by atoms with Gasteiger partial charge in [0.25, 0.3) is 0 Å². The summed E-state index contributed by atoms with van der Waals surface area (Å²) in [5, 5.41) is 7.55. The lowest BCUT2D eigenvalue weighted by Gasteiger charge is -2.23. The molecule has 0 saturated carbocycles. The molecule has 21 heavy (non-hydrogen) atoms. The van der Waals surface area contributed by atoms with Gasteiger partial charge >= 0.3 is 0 Å². The molecule has 6 heteroatoms. The maximum Gasteiger partial charge on any atom is 0.226 e. The molecule has 1 aliphatic rings. The fourth-order valence-corrected chi connectivity index (χ4v) is 2.93. The van der Waals surface area contributed by atoms with Crippen LogP contribution in [0.5, 0.6) is 0 Å². The normalized spacial score (nSPS) is 18.0. The van der Waals surface area contributed by atoms with E-state index in [0.29, 0.717) is 12.3 Å². The molecule has 0 saturated heterocycles. The van der Waals surface area contributed by atoms with Crippen molar-refractivity contribution in [1.29, 1.82) is 0 Å². The summed E-state index contributed by atoms with van der Waals surface area (Å²) < 4.78 is 3.80.